The fourth-order valence-corrected chi connectivity index (χ4v) is 4.55. The van der Waals surface area contributed by atoms with Crippen LogP contribution in [-0.2, 0) is 11.3 Å². The number of anilines is 1. The third-order valence-electron chi connectivity index (χ3n) is 4.98. The summed E-state index contributed by atoms with van der Waals surface area (Å²) in [4.78, 5) is 34.1. The molecule has 0 fully saturated rings. The van der Waals surface area contributed by atoms with Gasteiger partial charge in [0.05, 0.1) is 15.7 Å². The number of hydrogen-bond acceptors (Lipinski definition) is 6. The minimum absolute atomic E-state index is 0.1000. The molecule has 2 heterocycles. The summed E-state index contributed by atoms with van der Waals surface area (Å²) >= 11 is 1.51. The van der Waals surface area contributed by atoms with Crippen LogP contribution in [-0.4, -0.2) is 47.5 Å². The van der Waals surface area contributed by atoms with E-state index in [1.807, 2.05) is 38.1 Å². The van der Waals surface area contributed by atoms with Crippen LogP contribution in [0.3, 0.4) is 0 Å². The molecular weight excluding hydrogens is 400 g/mol. The SMILES string of the molecule is Cc1cc(C)c2sc(N(CCN(C)C)C(=O)Cn3c(=O)oc4ccccc43)nc2c1. The van der Waals surface area contributed by atoms with Crippen molar-refractivity contribution in [3.63, 3.8) is 0 Å². The second kappa shape index (κ2) is 8.04. The lowest BCUT2D eigenvalue weighted by molar-refractivity contribution is -0.119. The van der Waals surface area contributed by atoms with Crippen LogP contribution in [0, 0.1) is 13.8 Å². The minimum atomic E-state index is -0.534. The van der Waals surface area contributed by atoms with Gasteiger partial charge in [0.2, 0.25) is 5.91 Å². The summed E-state index contributed by atoms with van der Waals surface area (Å²) in [7, 11) is 3.92. The number of carbonyl (C=O) groups excluding carboxylic acids is 1. The monoisotopic (exact) mass is 424 g/mol. The van der Waals surface area contributed by atoms with Crippen molar-refractivity contribution in [3.8, 4) is 0 Å². The number of rotatable bonds is 6. The molecule has 30 heavy (non-hydrogen) atoms. The Labute approximate surface area is 178 Å². The van der Waals surface area contributed by atoms with Gasteiger partial charge in [0.25, 0.3) is 0 Å². The van der Waals surface area contributed by atoms with E-state index in [4.69, 9.17) is 9.40 Å². The highest BCUT2D eigenvalue weighted by molar-refractivity contribution is 7.22. The summed E-state index contributed by atoms with van der Waals surface area (Å²) in [6.45, 7) is 5.16. The smallest absolute Gasteiger partial charge is 0.408 e. The molecule has 0 radical (unpaired) electrons. The number of fused-ring (bicyclic) bond motifs is 2. The number of benzene rings is 2. The van der Waals surface area contributed by atoms with Crippen molar-refractivity contribution in [1.82, 2.24) is 14.5 Å². The molecule has 8 heteroatoms. The maximum atomic E-state index is 13.3. The van der Waals surface area contributed by atoms with Crippen molar-refractivity contribution < 1.29 is 9.21 Å². The maximum absolute atomic E-state index is 13.3. The van der Waals surface area contributed by atoms with Gasteiger partial charge in [0, 0.05) is 13.1 Å². The van der Waals surface area contributed by atoms with Gasteiger partial charge in [0.15, 0.2) is 10.7 Å². The number of para-hydroxylation sites is 2. The number of nitrogens with zero attached hydrogens (tertiary/aromatic N) is 4. The molecule has 0 saturated heterocycles. The summed E-state index contributed by atoms with van der Waals surface area (Å²) in [6.07, 6.45) is 0. The Morgan fingerprint density at radius 1 is 1.17 bits per heavy atom. The topological polar surface area (TPSA) is 71.6 Å². The second-order valence-corrected chi connectivity index (χ2v) is 8.67. The molecule has 7 nitrogen and oxygen atoms in total. The van der Waals surface area contributed by atoms with Gasteiger partial charge in [-0.15, -0.1) is 0 Å². The van der Waals surface area contributed by atoms with Crippen LogP contribution in [0.1, 0.15) is 11.1 Å². The van der Waals surface area contributed by atoms with Gasteiger partial charge < -0.3 is 9.32 Å². The highest BCUT2D eigenvalue weighted by Crippen LogP contribution is 2.32. The zero-order chi connectivity index (χ0) is 21.4. The van der Waals surface area contributed by atoms with Crippen LogP contribution >= 0.6 is 11.3 Å². The first-order valence-electron chi connectivity index (χ1n) is 9.75. The Morgan fingerprint density at radius 3 is 2.70 bits per heavy atom. The molecular formula is C22H24N4O3S. The highest BCUT2D eigenvalue weighted by atomic mass is 32.1. The first-order valence-corrected chi connectivity index (χ1v) is 10.6. The number of oxazole rings is 1. The molecule has 0 saturated carbocycles. The molecule has 0 atom stereocenters. The van der Waals surface area contributed by atoms with Gasteiger partial charge in [-0.25, -0.2) is 9.78 Å². The van der Waals surface area contributed by atoms with Crippen molar-refractivity contribution in [2.75, 3.05) is 32.1 Å². The summed E-state index contributed by atoms with van der Waals surface area (Å²) in [5, 5.41) is 0.645. The fourth-order valence-electron chi connectivity index (χ4n) is 3.49. The van der Waals surface area contributed by atoms with E-state index in [0.29, 0.717) is 29.3 Å². The van der Waals surface area contributed by atoms with Crippen LogP contribution in [0.2, 0.25) is 0 Å². The van der Waals surface area contributed by atoms with Crippen LogP contribution in [0.15, 0.2) is 45.6 Å². The Kier molecular flexibility index (Phi) is 5.44. The lowest BCUT2D eigenvalue weighted by Gasteiger charge is -2.22. The minimum Gasteiger partial charge on any atom is -0.408 e. The largest absolute Gasteiger partial charge is 0.420 e. The van der Waals surface area contributed by atoms with E-state index in [-0.39, 0.29) is 12.5 Å². The summed E-state index contributed by atoms with van der Waals surface area (Å²) in [5.74, 6) is -0.730. The maximum Gasteiger partial charge on any atom is 0.420 e. The van der Waals surface area contributed by atoms with E-state index in [1.54, 1.807) is 23.1 Å². The number of amides is 1. The lowest BCUT2D eigenvalue weighted by atomic mass is 10.1. The number of aryl methyl sites for hydroxylation is 2. The van der Waals surface area contributed by atoms with E-state index in [9.17, 15) is 9.59 Å². The summed E-state index contributed by atoms with van der Waals surface area (Å²) in [5.41, 5.74) is 4.26. The normalized spacial score (nSPS) is 11.6. The van der Waals surface area contributed by atoms with E-state index in [1.165, 1.54) is 15.9 Å². The molecule has 0 aliphatic heterocycles. The van der Waals surface area contributed by atoms with Gasteiger partial charge in [-0.3, -0.25) is 14.3 Å². The first kappa shape index (κ1) is 20.3. The zero-order valence-corrected chi connectivity index (χ0v) is 18.3. The number of carbonyl (C=O) groups is 1. The molecule has 2 aromatic heterocycles. The second-order valence-electron chi connectivity index (χ2n) is 7.70. The summed E-state index contributed by atoms with van der Waals surface area (Å²) < 4.78 is 7.73. The van der Waals surface area contributed by atoms with Gasteiger partial charge >= 0.3 is 5.76 Å². The number of thiazole rings is 1. The molecule has 4 rings (SSSR count). The molecule has 4 aromatic rings. The van der Waals surface area contributed by atoms with Gasteiger partial charge in [-0.05, 0) is 57.3 Å². The van der Waals surface area contributed by atoms with Crippen molar-refractivity contribution in [1.29, 1.82) is 0 Å². The molecule has 2 aromatic carbocycles. The van der Waals surface area contributed by atoms with E-state index in [0.717, 1.165) is 21.3 Å². The average molecular weight is 425 g/mol. The third kappa shape index (κ3) is 3.88. The highest BCUT2D eigenvalue weighted by Gasteiger charge is 2.23. The van der Waals surface area contributed by atoms with Gasteiger partial charge in [-0.2, -0.15) is 0 Å². The van der Waals surface area contributed by atoms with Gasteiger partial charge in [-0.1, -0.05) is 29.5 Å². The summed E-state index contributed by atoms with van der Waals surface area (Å²) in [6, 6.07) is 11.3. The Balaban J connectivity index is 1.71. The first-order chi connectivity index (χ1) is 14.3. The van der Waals surface area contributed by atoms with E-state index >= 15 is 0 Å². The van der Waals surface area contributed by atoms with Crippen LogP contribution in [0.5, 0.6) is 0 Å². The van der Waals surface area contributed by atoms with Crippen molar-refractivity contribution in [3.05, 3.63) is 58.1 Å². The standard InChI is InChI=1S/C22H24N4O3S/c1-14-11-15(2)20-16(12-14)23-21(30-20)25(10-9-24(3)4)19(27)13-26-17-7-5-6-8-18(17)29-22(26)28/h5-8,11-12H,9-10,13H2,1-4H3. The molecule has 1 amide bonds. The molecule has 0 bridgehead atoms. The molecule has 0 aliphatic carbocycles. The molecule has 0 spiro atoms. The van der Waals surface area contributed by atoms with Crippen molar-refractivity contribution >= 4 is 43.7 Å². The van der Waals surface area contributed by atoms with Crippen LogP contribution < -0.4 is 10.7 Å². The fraction of sp³-hybridized carbons (Fsp3) is 0.318. The lowest BCUT2D eigenvalue weighted by Crippen LogP contribution is -2.39. The third-order valence-corrected chi connectivity index (χ3v) is 6.21. The molecule has 0 unspecified atom stereocenters. The number of hydrogen-bond donors (Lipinski definition) is 0. The van der Waals surface area contributed by atoms with E-state index < -0.39 is 5.76 Å². The Bertz CT molecular complexity index is 1280. The predicted octanol–water partition coefficient (Wildman–Crippen LogP) is 3.42. The zero-order valence-electron chi connectivity index (χ0n) is 17.5. The number of likely N-dealkylation sites (N-methyl/N-ethyl adjacent to an activating group) is 1. The average Bonchev–Trinajstić information content (AvgIpc) is 3.23. The predicted molar refractivity (Wildman–Crippen MR) is 120 cm³/mol. The quantitative estimate of drug-likeness (QED) is 0.474. The van der Waals surface area contributed by atoms with Crippen molar-refractivity contribution in [2.45, 2.75) is 20.4 Å². The van der Waals surface area contributed by atoms with Gasteiger partial charge in [0.1, 0.15) is 6.54 Å². The molecule has 156 valence electrons. The number of aromatic nitrogens is 2. The Hall–Kier alpha value is -2.97. The molecule has 0 aliphatic rings. The van der Waals surface area contributed by atoms with E-state index in [2.05, 4.69) is 13.0 Å². The van der Waals surface area contributed by atoms with Crippen LogP contribution in [0.25, 0.3) is 21.3 Å². The van der Waals surface area contributed by atoms with Crippen molar-refractivity contribution in [2.24, 2.45) is 0 Å². The van der Waals surface area contributed by atoms with Crippen LogP contribution in [0.4, 0.5) is 5.13 Å². The Morgan fingerprint density at radius 2 is 1.93 bits per heavy atom. The molecule has 0 N–H and O–H groups in total.